The summed E-state index contributed by atoms with van der Waals surface area (Å²) in [6, 6.07) is 16.4. The second-order valence-electron chi connectivity index (χ2n) is 4.41. The Bertz CT molecular complexity index is 529. The minimum Gasteiger partial charge on any atom is -0.391 e. The van der Waals surface area contributed by atoms with Crippen LogP contribution in [0, 0.1) is 13.8 Å². The van der Waals surface area contributed by atoms with Crippen LogP contribution in [0.1, 0.15) is 22.3 Å². The van der Waals surface area contributed by atoms with Crippen LogP contribution in [0.3, 0.4) is 0 Å². The number of rotatable bonds is 4. The molecule has 0 atom stereocenters. The molecule has 0 N–H and O–H groups in total. The van der Waals surface area contributed by atoms with Crippen molar-refractivity contribution >= 4 is 6.21 Å². The number of aryl methyl sites for hydroxylation is 2. The normalized spacial score (nSPS) is 10.8. The third kappa shape index (κ3) is 3.74. The Morgan fingerprint density at radius 1 is 1.00 bits per heavy atom. The van der Waals surface area contributed by atoms with Crippen LogP contribution < -0.4 is 0 Å². The smallest absolute Gasteiger partial charge is 0.142 e. The maximum absolute atomic E-state index is 5.27. The summed E-state index contributed by atoms with van der Waals surface area (Å²) in [5.74, 6) is 0. The molecule has 2 heteroatoms. The molecule has 0 heterocycles. The van der Waals surface area contributed by atoms with Crippen molar-refractivity contribution in [3.63, 3.8) is 0 Å². The molecule has 0 spiro atoms. The Hall–Kier alpha value is -2.09. The summed E-state index contributed by atoms with van der Waals surface area (Å²) in [6.07, 6.45) is 1.74. The van der Waals surface area contributed by atoms with Gasteiger partial charge in [0.2, 0.25) is 0 Å². The molecule has 0 amide bonds. The van der Waals surface area contributed by atoms with Crippen molar-refractivity contribution in [1.29, 1.82) is 0 Å². The number of oxime groups is 1. The van der Waals surface area contributed by atoms with Crippen molar-refractivity contribution in [2.45, 2.75) is 20.5 Å². The summed E-state index contributed by atoms with van der Waals surface area (Å²) in [4.78, 5) is 5.27. The summed E-state index contributed by atoms with van der Waals surface area (Å²) >= 11 is 0. The fourth-order valence-electron chi connectivity index (χ4n) is 1.64. The van der Waals surface area contributed by atoms with Crippen molar-refractivity contribution in [3.8, 4) is 0 Å². The van der Waals surface area contributed by atoms with Gasteiger partial charge in [-0.15, -0.1) is 0 Å². The van der Waals surface area contributed by atoms with Crippen LogP contribution in [-0.4, -0.2) is 6.21 Å². The minimum atomic E-state index is 0.503. The summed E-state index contributed by atoms with van der Waals surface area (Å²) in [6.45, 7) is 4.63. The van der Waals surface area contributed by atoms with Gasteiger partial charge < -0.3 is 4.84 Å². The van der Waals surface area contributed by atoms with E-state index < -0.39 is 0 Å². The monoisotopic (exact) mass is 239 g/mol. The van der Waals surface area contributed by atoms with E-state index in [9.17, 15) is 0 Å². The Kier molecular flexibility index (Phi) is 4.13. The van der Waals surface area contributed by atoms with Crippen LogP contribution in [0.2, 0.25) is 0 Å². The van der Waals surface area contributed by atoms with Crippen molar-refractivity contribution in [3.05, 3.63) is 70.8 Å². The van der Waals surface area contributed by atoms with E-state index in [0.717, 1.165) is 11.1 Å². The highest BCUT2D eigenvalue weighted by Gasteiger charge is 1.92. The number of hydrogen-bond donors (Lipinski definition) is 0. The van der Waals surface area contributed by atoms with Gasteiger partial charge in [-0.05, 0) is 25.0 Å². The predicted molar refractivity (Wildman–Crippen MR) is 74.7 cm³/mol. The lowest BCUT2D eigenvalue weighted by atomic mass is 10.2. The van der Waals surface area contributed by atoms with Crippen molar-refractivity contribution in [1.82, 2.24) is 0 Å². The number of nitrogens with zero attached hydrogens (tertiary/aromatic N) is 1. The first-order valence-corrected chi connectivity index (χ1v) is 6.01. The van der Waals surface area contributed by atoms with Crippen molar-refractivity contribution in [2.75, 3.05) is 0 Å². The van der Waals surface area contributed by atoms with E-state index in [1.165, 1.54) is 11.1 Å². The Balaban J connectivity index is 1.87. The molecule has 0 saturated heterocycles. The fraction of sp³-hybridized carbons (Fsp3) is 0.188. The predicted octanol–water partition coefficient (Wildman–Crippen LogP) is 3.85. The molecule has 2 aromatic carbocycles. The molecule has 0 unspecified atom stereocenters. The van der Waals surface area contributed by atoms with Crippen LogP contribution in [0.4, 0.5) is 0 Å². The molecular formula is C16H17NO. The Morgan fingerprint density at radius 2 is 1.78 bits per heavy atom. The maximum atomic E-state index is 5.27. The largest absolute Gasteiger partial charge is 0.391 e. The first-order valence-electron chi connectivity index (χ1n) is 6.01. The van der Waals surface area contributed by atoms with Gasteiger partial charge in [0, 0.05) is 0 Å². The van der Waals surface area contributed by atoms with Gasteiger partial charge in [-0.2, -0.15) is 0 Å². The molecule has 0 bridgehead atoms. The zero-order chi connectivity index (χ0) is 12.8. The van der Waals surface area contributed by atoms with Crippen molar-refractivity contribution < 1.29 is 4.84 Å². The van der Waals surface area contributed by atoms with Crippen molar-refractivity contribution in [2.24, 2.45) is 5.16 Å². The molecule has 2 aromatic rings. The fourth-order valence-corrected chi connectivity index (χ4v) is 1.64. The summed E-state index contributed by atoms with van der Waals surface area (Å²) in [5.41, 5.74) is 4.65. The van der Waals surface area contributed by atoms with Gasteiger partial charge in [0.15, 0.2) is 0 Å². The molecule has 92 valence electrons. The number of benzene rings is 2. The van der Waals surface area contributed by atoms with E-state index in [1.807, 2.05) is 12.1 Å². The molecule has 0 aliphatic heterocycles. The average Bonchev–Trinajstić information content (AvgIpc) is 2.37. The molecular weight excluding hydrogens is 222 g/mol. The highest BCUT2D eigenvalue weighted by Crippen LogP contribution is 2.05. The van der Waals surface area contributed by atoms with Gasteiger partial charge in [-0.3, -0.25) is 0 Å². The highest BCUT2D eigenvalue weighted by molar-refractivity contribution is 5.79. The molecule has 0 aliphatic rings. The summed E-state index contributed by atoms with van der Waals surface area (Å²) < 4.78 is 0. The van der Waals surface area contributed by atoms with E-state index in [1.54, 1.807) is 6.21 Å². The van der Waals surface area contributed by atoms with E-state index in [4.69, 9.17) is 4.84 Å². The topological polar surface area (TPSA) is 21.6 Å². The molecule has 0 radical (unpaired) electrons. The second kappa shape index (κ2) is 6.01. The summed E-state index contributed by atoms with van der Waals surface area (Å²) in [7, 11) is 0. The Labute approximate surface area is 108 Å². The number of hydrogen-bond acceptors (Lipinski definition) is 2. The lowest BCUT2D eigenvalue weighted by Gasteiger charge is -2.00. The third-order valence-electron chi connectivity index (χ3n) is 2.67. The van der Waals surface area contributed by atoms with E-state index in [2.05, 4.69) is 55.4 Å². The van der Waals surface area contributed by atoms with Gasteiger partial charge in [0.1, 0.15) is 6.61 Å². The zero-order valence-electron chi connectivity index (χ0n) is 10.8. The van der Waals surface area contributed by atoms with E-state index in [0.29, 0.717) is 6.61 Å². The SMILES string of the molecule is Cc1ccc(CON=Cc2cccc(C)c2)cc1. The molecule has 0 fully saturated rings. The lowest BCUT2D eigenvalue weighted by Crippen LogP contribution is -1.88. The molecule has 0 saturated carbocycles. The minimum absolute atomic E-state index is 0.503. The highest BCUT2D eigenvalue weighted by atomic mass is 16.6. The zero-order valence-corrected chi connectivity index (χ0v) is 10.8. The standard InChI is InChI=1S/C16H17NO/c1-13-6-8-15(9-7-13)12-18-17-11-16-5-3-4-14(2)10-16/h3-11H,12H2,1-2H3. The first kappa shape index (κ1) is 12.4. The van der Waals surface area contributed by atoms with Crippen LogP contribution in [0.25, 0.3) is 0 Å². The average molecular weight is 239 g/mol. The maximum Gasteiger partial charge on any atom is 0.142 e. The van der Waals surface area contributed by atoms with Crippen LogP contribution in [-0.2, 0) is 11.4 Å². The third-order valence-corrected chi connectivity index (χ3v) is 2.67. The van der Waals surface area contributed by atoms with Gasteiger partial charge in [-0.25, -0.2) is 0 Å². The summed E-state index contributed by atoms with van der Waals surface area (Å²) in [5, 5.41) is 3.98. The molecule has 18 heavy (non-hydrogen) atoms. The van der Waals surface area contributed by atoms with Gasteiger partial charge in [0.25, 0.3) is 0 Å². The van der Waals surface area contributed by atoms with E-state index in [-0.39, 0.29) is 0 Å². The molecule has 2 rings (SSSR count). The lowest BCUT2D eigenvalue weighted by molar-refractivity contribution is 0.132. The van der Waals surface area contributed by atoms with E-state index >= 15 is 0 Å². The molecule has 2 nitrogen and oxygen atoms in total. The van der Waals surface area contributed by atoms with Gasteiger partial charge >= 0.3 is 0 Å². The quantitative estimate of drug-likeness (QED) is 0.586. The Morgan fingerprint density at radius 3 is 2.50 bits per heavy atom. The first-order chi connectivity index (χ1) is 8.74. The second-order valence-corrected chi connectivity index (χ2v) is 4.41. The van der Waals surface area contributed by atoms with Crippen LogP contribution in [0.5, 0.6) is 0 Å². The van der Waals surface area contributed by atoms with Crippen LogP contribution in [0.15, 0.2) is 53.7 Å². The molecule has 0 aliphatic carbocycles. The van der Waals surface area contributed by atoms with Gasteiger partial charge in [0.05, 0.1) is 6.21 Å². The van der Waals surface area contributed by atoms with Crippen LogP contribution >= 0.6 is 0 Å². The van der Waals surface area contributed by atoms with Gasteiger partial charge in [-0.1, -0.05) is 64.8 Å². The molecule has 0 aromatic heterocycles.